The van der Waals surface area contributed by atoms with Crippen molar-refractivity contribution in [1.82, 2.24) is 34.1 Å². The Kier molecular flexibility index (Phi) is 17.4. The highest BCUT2D eigenvalue weighted by Gasteiger charge is 2.43. The molecule has 1 unspecified atom stereocenters. The molecule has 0 radical (unpaired) electrons. The quantitative estimate of drug-likeness (QED) is 0.0621. The van der Waals surface area contributed by atoms with Crippen molar-refractivity contribution < 1.29 is 50.2 Å². The van der Waals surface area contributed by atoms with Gasteiger partial charge in [-0.25, -0.2) is 26.4 Å². The lowest BCUT2D eigenvalue weighted by atomic mass is 10.1. The lowest BCUT2D eigenvalue weighted by Gasteiger charge is -2.42. The summed E-state index contributed by atoms with van der Waals surface area (Å²) in [6.45, 7) is 14.5. The maximum atomic E-state index is 16.2. The molecule has 2 atom stereocenters. The fourth-order valence-electron chi connectivity index (χ4n) is 8.10. The van der Waals surface area contributed by atoms with E-state index in [1.807, 2.05) is 46.0 Å². The van der Waals surface area contributed by atoms with Gasteiger partial charge in [-0.05, 0) is 116 Å². The fourth-order valence-corrected chi connectivity index (χ4v) is 12.9. The lowest BCUT2D eigenvalue weighted by molar-refractivity contribution is -0.121. The highest BCUT2D eigenvalue weighted by atomic mass is 32.2. The number of carboxylic acid groups (broad SMARTS) is 1. The Labute approximate surface area is 430 Å². The Morgan fingerprint density at radius 2 is 1.34 bits per heavy atom. The topological polar surface area (TPSA) is 251 Å². The Balaban J connectivity index is 1.60. The van der Waals surface area contributed by atoms with Gasteiger partial charge in [-0.15, -0.1) is 10.2 Å². The summed E-state index contributed by atoms with van der Waals surface area (Å²) in [5.41, 5.74) is 6.83. The second kappa shape index (κ2) is 22.6. The number of amides is 2. The monoisotopic (exact) mass is 1060 g/mol. The largest absolute Gasteiger partial charge is 0.497 e. The van der Waals surface area contributed by atoms with Crippen LogP contribution in [0.15, 0.2) is 94.7 Å². The summed E-state index contributed by atoms with van der Waals surface area (Å²) < 4.78 is 89.9. The Morgan fingerprint density at radius 1 is 0.822 bits per heavy atom. The summed E-state index contributed by atoms with van der Waals surface area (Å²) in [5, 5.41) is 23.5. The lowest BCUT2D eigenvalue weighted by Crippen LogP contribution is -2.55. The van der Waals surface area contributed by atoms with Crippen LogP contribution < -0.4 is 29.6 Å². The number of benzene rings is 4. The molecule has 0 spiro atoms. The number of primary amides is 1. The molecule has 0 aliphatic carbocycles. The molecule has 1 aliphatic rings. The van der Waals surface area contributed by atoms with E-state index in [1.165, 1.54) is 40.4 Å². The van der Waals surface area contributed by atoms with Gasteiger partial charge in [0.25, 0.3) is 0 Å². The van der Waals surface area contributed by atoms with Gasteiger partial charge in [0.15, 0.2) is 8.32 Å². The zero-order chi connectivity index (χ0) is 53.7. The van der Waals surface area contributed by atoms with Gasteiger partial charge in [0, 0.05) is 44.0 Å². The van der Waals surface area contributed by atoms with Crippen LogP contribution in [0.5, 0.6) is 17.2 Å². The molecule has 1 aliphatic heterocycles. The van der Waals surface area contributed by atoms with Crippen molar-refractivity contribution in [1.29, 1.82) is 0 Å². The van der Waals surface area contributed by atoms with E-state index in [0.717, 1.165) is 5.56 Å². The summed E-state index contributed by atoms with van der Waals surface area (Å²) in [6, 6.07) is 23.5. The zero-order valence-electron chi connectivity index (χ0n) is 43.4. The van der Waals surface area contributed by atoms with E-state index < -0.39 is 74.3 Å². The predicted molar refractivity (Wildman–Crippen MR) is 279 cm³/mol. The SMILES string of the molecule is COc1ccc(CN(Cc2ccc(OC)cc2)S(=O)(=O)c2c(S(=O)(=O)NC[C@@H](CN(C(=O)O)C(C)(C)C)O[Si](C)(C)C(C)(C)C)ccc(N3CCC(C(N)=O)C3)c2-c2nnn(Cc3ccc(OC)cc3)n2)cc1. The van der Waals surface area contributed by atoms with E-state index >= 15 is 16.8 Å². The van der Waals surface area contributed by atoms with Crippen LogP contribution in [-0.2, 0) is 48.9 Å². The number of rotatable bonds is 22. The molecule has 23 heteroatoms. The maximum absolute atomic E-state index is 16.2. The van der Waals surface area contributed by atoms with Crippen LogP contribution >= 0.6 is 0 Å². The molecular weight excluding hydrogens is 995 g/mol. The molecule has 1 aromatic heterocycles. The van der Waals surface area contributed by atoms with Gasteiger partial charge in [-0.1, -0.05) is 57.2 Å². The number of aromatic nitrogens is 4. The first-order chi connectivity index (χ1) is 34.2. The van der Waals surface area contributed by atoms with Crippen LogP contribution in [0.1, 0.15) is 64.7 Å². The average molecular weight is 1060 g/mol. The molecule has 2 heterocycles. The molecule has 73 heavy (non-hydrogen) atoms. The number of methoxy groups -OCH3 is 3. The molecule has 20 nitrogen and oxygen atoms in total. The van der Waals surface area contributed by atoms with Crippen LogP contribution in [0.2, 0.25) is 18.1 Å². The minimum atomic E-state index is -5.00. The number of nitrogens with two attached hydrogens (primary N) is 1. The highest BCUT2D eigenvalue weighted by Crippen LogP contribution is 2.43. The molecular formula is C50H69N9O11S2Si. The van der Waals surface area contributed by atoms with E-state index in [1.54, 1.807) is 93.4 Å². The van der Waals surface area contributed by atoms with Gasteiger partial charge < -0.3 is 39.3 Å². The number of hydrogen-bond acceptors (Lipinski definition) is 14. The number of hydrogen-bond donors (Lipinski definition) is 3. The van der Waals surface area contributed by atoms with E-state index in [0.29, 0.717) is 34.8 Å². The molecule has 396 valence electrons. The number of carbonyl (C=O) groups excluding carboxylic acids is 1. The molecule has 4 aromatic carbocycles. The van der Waals surface area contributed by atoms with Crippen LogP contribution in [0, 0.1) is 5.92 Å². The summed E-state index contributed by atoms with van der Waals surface area (Å²) >= 11 is 0. The number of tetrazole rings is 1. The van der Waals surface area contributed by atoms with Gasteiger partial charge in [0.05, 0.1) is 52.0 Å². The van der Waals surface area contributed by atoms with Gasteiger partial charge in [-0.2, -0.15) is 9.10 Å². The number of ether oxygens (including phenoxy) is 3. The molecule has 0 bridgehead atoms. The van der Waals surface area contributed by atoms with Crippen molar-refractivity contribution in [2.75, 3.05) is 52.4 Å². The Hall–Kier alpha value is -6.11. The summed E-state index contributed by atoms with van der Waals surface area (Å²) in [6.07, 6.45) is -1.90. The predicted octanol–water partition coefficient (Wildman–Crippen LogP) is 6.56. The maximum Gasteiger partial charge on any atom is 0.407 e. The number of nitrogens with zero attached hydrogens (tertiary/aromatic N) is 7. The molecule has 4 N–H and O–H groups in total. The average Bonchev–Trinajstić information content (AvgIpc) is 4.02. The minimum absolute atomic E-state index is 0.0912. The fraction of sp³-hybridized carbons (Fsp3) is 0.460. The van der Waals surface area contributed by atoms with Gasteiger partial charge >= 0.3 is 6.09 Å². The first-order valence-corrected chi connectivity index (χ1v) is 29.6. The third-order valence-corrected chi connectivity index (χ3v) is 21.3. The first kappa shape index (κ1) is 56.2. The molecule has 1 fully saturated rings. The van der Waals surface area contributed by atoms with Gasteiger partial charge in [0.1, 0.15) is 27.0 Å². The molecule has 2 amide bonds. The second-order valence-corrected chi connectivity index (χ2v) is 28.9. The molecule has 5 aromatic rings. The van der Waals surface area contributed by atoms with Crippen molar-refractivity contribution in [2.24, 2.45) is 11.7 Å². The van der Waals surface area contributed by atoms with Crippen molar-refractivity contribution in [2.45, 2.75) is 107 Å². The van der Waals surface area contributed by atoms with Crippen LogP contribution in [0.4, 0.5) is 10.5 Å². The van der Waals surface area contributed by atoms with Crippen LogP contribution in [0.25, 0.3) is 11.4 Å². The second-order valence-electron chi connectivity index (χ2n) is 20.5. The van der Waals surface area contributed by atoms with E-state index in [-0.39, 0.29) is 61.4 Å². The Morgan fingerprint density at radius 3 is 1.79 bits per heavy atom. The molecule has 6 rings (SSSR count). The van der Waals surface area contributed by atoms with Crippen molar-refractivity contribution in [3.8, 4) is 28.6 Å². The summed E-state index contributed by atoms with van der Waals surface area (Å²) in [4.78, 5) is 28.3. The number of carbonyl (C=O) groups is 2. The third-order valence-electron chi connectivity index (χ3n) is 13.3. The van der Waals surface area contributed by atoms with Crippen molar-refractivity contribution in [3.63, 3.8) is 0 Å². The number of nitrogens with one attached hydrogen (secondary N) is 1. The molecule has 1 saturated heterocycles. The number of sulfonamides is 2. The summed E-state index contributed by atoms with van der Waals surface area (Å²) in [7, 11) is -8.03. The normalized spacial score (nSPS) is 15.1. The van der Waals surface area contributed by atoms with Gasteiger partial charge in [0.2, 0.25) is 31.8 Å². The zero-order valence-corrected chi connectivity index (χ0v) is 46.1. The van der Waals surface area contributed by atoms with E-state index in [9.17, 15) is 14.7 Å². The van der Waals surface area contributed by atoms with Crippen molar-refractivity contribution >= 4 is 46.1 Å². The Bertz CT molecular complexity index is 2890. The van der Waals surface area contributed by atoms with Gasteiger partial charge in [-0.3, -0.25) is 4.79 Å². The number of anilines is 1. The minimum Gasteiger partial charge on any atom is -0.497 e. The standard InChI is InChI=1S/C50H69N9O11S2Si/c1-49(2,3)58(48(61)62)33-41(70-73(10,11)50(4,5)6)28-52-71(63,64)43-25-24-42(56-27-26-37(32-56)46(51)60)44(47-53-55-59(54-47)31-36-16-22-40(69-9)23-17-36)45(43)72(65,66)57(29-34-12-18-38(67-7)19-13-34)30-35-14-20-39(68-8)21-15-35/h12-25,37,41,52H,26-33H2,1-11H3,(H2,51,60)(H,61,62)/t37?,41-/m0/s1. The van der Waals surface area contributed by atoms with Crippen molar-refractivity contribution in [3.05, 3.63) is 102 Å². The highest BCUT2D eigenvalue weighted by molar-refractivity contribution is 7.92. The van der Waals surface area contributed by atoms with E-state index in [4.69, 9.17) is 29.5 Å². The third kappa shape index (κ3) is 13.5. The van der Waals surface area contributed by atoms with E-state index in [2.05, 4.69) is 15.0 Å². The smallest absolute Gasteiger partial charge is 0.407 e. The summed E-state index contributed by atoms with van der Waals surface area (Å²) in [5.74, 6) is 0.345. The van der Waals surface area contributed by atoms with Crippen LogP contribution in [0.3, 0.4) is 0 Å². The molecule has 0 saturated carbocycles. The first-order valence-electron chi connectivity index (χ1n) is 23.7. The van der Waals surface area contributed by atoms with Crippen LogP contribution in [-0.4, -0.2) is 131 Å².